The maximum atomic E-state index is 2.54. The zero-order valence-electron chi connectivity index (χ0n) is 17.9. The highest BCUT2D eigenvalue weighted by molar-refractivity contribution is 5.80. The Morgan fingerprint density at radius 3 is 2.00 bits per heavy atom. The summed E-state index contributed by atoms with van der Waals surface area (Å²) in [5.41, 5.74) is 8.72. The summed E-state index contributed by atoms with van der Waals surface area (Å²) in [5, 5.41) is 0. The Hall–Kier alpha value is -2.60. The normalized spacial score (nSPS) is 21.0. The number of fused-ring (bicyclic) bond motifs is 4. The Morgan fingerprint density at radius 1 is 0.828 bits per heavy atom. The summed E-state index contributed by atoms with van der Waals surface area (Å²) in [6.07, 6.45) is 6.07. The van der Waals surface area contributed by atoms with Crippen LogP contribution < -0.4 is 0 Å². The van der Waals surface area contributed by atoms with Crippen LogP contribution in [0.2, 0.25) is 0 Å². The SMILES string of the molecule is CCC(C)C1(C(C)(C)C2c3ccccc3-c3ccccc32)C=Cc2ccccc21. The van der Waals surface area contributed by atoms with Crippen molar-refractivity contribution in [2.24, 2.45) is 11.3 Å². The van der Waals surface area contributed by atoms with Crippen molar-refractivity contribution in [2.45, 2.75) is 45.4 Å². The molecule has 29 heavy (non-hydrogen) atoms. The summed E-state index contributed by atoms with van der Waals surface area (Å²) in [4.78, 5) is 0. The molecule has 2 aliphatic rings. The molecule has 2 unspecified atom stereocenters. The lowest BCUT2D eigenvalue weighted by Gasteiger charge is -2.52. The van der Waals surface area contributed by atoms with Gasteiger partial charge in [-0.25, -0.2) is 0 Å². The molecule has 0 amide bonds. The van der Waals surface area contributed by atoms with Crippen LogP contribution >= 0.6 is 0 Å². The first-order chi connectivity index (χ1) is 14.0. The highest BCUT2D eigenvalue weighted by atomic mass is 14.6. The van der Waals surface area contributed by atoms with Gasteiger partial charge in [0.25, 0.3) is 0 Å². The molecule has 0 spiro atoms. The van der Waals surface area contributed by atoms with Crippen LogP contribution in [0.3, 0.4) is 0 Å². The summed E-state index contributed by atoms with van der Waals surface area (Å²) < 4.78 is 0. The summed E-state index contributed by atoms with van der Waals surface area (Å²) in [6, 6.07) is 27.1. The van der Waals surface area contributed by atoms with Crippen molar-refractivity contribution < 1.29 is 0 Å². The first-order valence-electron chi connectivity index (χ1n) is 11.0. The van der Waals surface area contributed by atoms with E-state index in [0.717, 1.165) is 6.42 Å². The maximum Gasteiger partial charge on any atom is 0.0227 e. The van der Waals surface area contributed by atoms with Crippen molar-refractivity contribution in [2.75, 3.05) is 0 Å². The zero-order valence-corrected chi connectivity index (χ0v) is 17.9. The molecule has 146 valence electrons. The van der Waals surface area contributed by atoms with Gasteiger partial charge in [-0.15, -0.1) is 0 Å². The molecular formula is C29H30. The molecule has 3 aromatic carbocycles. The van der Waals surface area contributed by atoms with E-state index in [0.29, 0.717) is 11.8 Å². The summed E-state index contributed by atoms with van der Waals surface area (Å²) >= 11 is 0. The van der Waals surface area contributed by atoms with Gasteiger partial charge in [0.1, 0.15) is 0 Å². The van der Waals surface area contributed by atoms with Crippen LogP contribution in [0.1, 0.15) is 62.3 Å². The fourth-order valence-electron chi connectivity index (χ4n) is 6.45. The molecule has 0 aromatic heterocycles. The summed E-state index contributed by atoms with van der Waals surface area (Å²) in [7, 11) is 0. The van der Waals surface area contributed by atoms with Crippen molar-refractivity contribution in [3.63, 3.8) is 0 Å². The van der Waals surface area contributed by atoms with Crippen LogP contribution in [0.25, 0.3) is 17.2 Å². The highest BCUT2D eigenvalue weighted by Gasteiger charge is 2.55. The number of hydrogen-bond acceptors (Lipinski definition) is 0. The number of hydrogen-bond donors (Lipinski definition) is 0. The highest BCUT2D eigenvalue weighted by Crippen LogP contribution is 2.63. The predicted octanol–water partition coefficient (Wildman–Crippen LogP) is 7.84. The molecule has 0 bridgehead atoms. The van der Waals surface area contributed by atoms with E-state index in [2.05, 4.69) is 113 Å². The summed E-state index contributed by atoms with van der Waals surface area (Å²) in [5.74, 6) is 0.928. The van der Waals surface area contributed by atoms with E-state index >= 15 is 0 Å². The zero-order chi connectivity index (χ0) is 20.2. The molecule has 2 atom stereocenters. The molecule has 0 nitrogen and oxygen atoms in total. The molecule has 0 saturated carbocycles. The van der Waals surface area contributed by atoms with Gasteiger partial charge in [0.05, 0.1) is 0 Å². The van der Waals surface area contributed by atoms with Gasteiger partial charge in [-0.2, -0.15) is 0 Å². The molecular weight excluding hydrogens is 348 g/mol. The molecule has 0 fully saturated rings. The molecule has 0 N–H and O–H groups in total. The standard InChI is InChI=1S/C29H30/c1-5-20(2)29(19-18-21-12-6-11-17-26(21)29)28(3,4)27-24-15-9-7-13-22(24)23-14-8-10-16-25(23)27/h6-20,27H,5H2,1-4H3. The van der Waals surface area contributed by atoms with Crippen molar-refractivity contribution in [1.29, 1.82) is 0 Å². The minimum absolute atomic E-state index is 0.00751. The van der Waals surface area contributed by atoms with E-state index in [4.69, 9.17) is 0 Å². The molecule has 2 aliphatic carbocycles. The van der Waals surface area contributed by atoms with Gasteiger partial charge in [0, 0.05) is 11.3 Å². The van der Waals surface area contributed by atoms with Crippen molar-refractivity contribution in [3.8, 4) is 11.1 Å². The first kappa shape index (κ1) is 18.4. The van der Waals surface area contributed by atoms with Crippen LogP contribution in [0.4, 0.5) is 0 Å². The quantitative estimate of drug-likeness (QED) is 0.434. The first-order valence-corrected chi connectivity index (χ1v) is 11.0. The largest absolute Gasteiger partial charge is 0.0725 e. The second-order valence-electron chi connectivity index (χ2n) is 9.43. The van der Waals surface area contributed by atoms with Gasteiger partial charge in [-0.05, 0) is 44.7 Å². The van der Waals surface area contributed by atoms with E-state index in [9.17, 15) is 0 Å². The van der Waals surface area contributed by atoms with Gasteiger partial charge >= 0.3 is 0 Å². The molecule has 0 radical (unpaired) electrons. The van der Waals surface area contributed by atoms with Gasteiger partial charge in [-0.3, -0.25) is 0 Å². The monoisotopic (exact) mass is 378 g/mol. The van der Waals surface area contributed by atoms with Crippen LogP contribution in [0, 0.1) is 11.3 Å². The maximum absolute atomic E-state index is 2.54. The Balaban J connectivity index is 1.78. The van der Waals surface area contributed by atoms with E-state index in [1.54, 1.807) is 0 Å². The van der Waals surface area contributed by atoms with E-state index in [-0.39, 0.29) is 10.8 Å². The minimum atomic E-state index is 0.00751. The van der Waals surface area contributed by atoms with Crippen LogP contribution in [-0.2, 0) is 5.41 Å². The van der Waals surface area contributed by atoms with E-state index < -0.39 is 0 Å². The van der Waals surface area contributed by atoms with Crippen molar-refractivity contribution >= 4 is 6.08 Å². The van der Waals surface area contributed by atoms with Gasteiger partial charge in [-0.1, -0.05) is 119 Å². The Morgan fingerprint density at radius 2 is 1.38 bits per heavy atom. The third kappa shape index (κ3) is 2.32. The Labute approximate surface area is 175 Å². The molecule has 0 heteroatoms. The molecule has 0 aliphatic heterocycles. The van der Waals surface area contributed by atoms with E-state index in [1.807, 2.05) is 0 Å². The lowest BCUT2D eigenvalue weighted by atomic mass is 9.51. The van der Waals surface area contributed by atoms with Crippen LogP contribution in [0.15, 0.2) is 78.9 Å². The lowest BCUT2D eigenvalue weighted by molar-refractivity contribution is 0.123. The van der Waals surface area contributed by atoms with Crippen LogP contribution in [0.5, 0.6) is 0 Å². The minimum Gasteiger partial charge on any atom is -0.0725 e. The van der Waals surface area contributed by atoms with Gasteiger partial charge in [0.2, 0.25) is 0 Å². The van der Waals surface area contributed by atoms with Crippen molar-refractivity contribution in [1.82, 2.24) is 0 Å². The Bertz CT molecular complexity index is 1050. The fourth-order valence-corrected chi connectivity index (χ4v) is 6.45. The van der Waals surface area contributed by atoms with Crippen molar-refractivity contribution in [3.05, 3.63) is 101 Å². The number of benzene rings is 3. The third-order valence-electron chi connectivity index (χ3n) is 7.94. The lowest BCUT2D eigenvalue weighted by Crippen LogP contribution is -2.48. The molecule has 0 heterocycles. The summed E-state index contributed by atoms with van der Waals surface area (Å²) in [6.45, 7) is 9.80. The average Bonchev–Trinajstić information content (AvgIpc) is 3.31. The van der Waals surface area contributed by atoms with Crippen LogP contribution in [-0.4, -0.2) is 0 Å². The second kappa shape index (κ2) is 6.46. The third-order valence-corrected chi connectivity index (χ3v) is 7.94. The van der Waals surface area contributed by atoms with Gasteiger partial charge < -0.3 is 0 Å². The fraction of sp³-hybridized carbons (Fsp3) is 0.310. The molecule has 0 saturated heterocycles. The topological polar surface area (TPSA) is 0 Å². The average molecular weight is 379 g/mol. The molecule has 3 aromatic rings. The predicted molar refractivity (Wildman–Crippen MR) is 124 cm³/mol. The van der Waals surface area contributed by atoms with Gasteiger partial charge in [0.15, 0.2) is 0 Å². The Kier molecular flexibility index (Phi) is 4.10. The second-order valence-corrected chi connectivity index (χ2v) is 9.43. The van der Waals surface area contributed by atoms with E-state index in [1.165, 1.54) is 33.4 Å². The number of rotatable bonds is 4. The smallest absolute Gasteiger partial charge is 0.0227 e. The molecule has 5 rings (SSSR count). The number of allylic oxidation sites excluding steroid dienone is 1.